The topological polar surface area (TPSA) is 63.0 Å². The molecular formula is C11H18N4O. The van der Waals surface area contributed by atoms with E-state index in [1.165, 1.54) is 12.8 Å². The SMILES string of the molecule is OC1CCc2nnc(C3CCCCN3)n2C1. The van der Waals surface area contributed by atoms with Gasteiger partial charge < -0.3 is 15.0 Å². The molecule has 2 aliphatic rings. The average molecular weight is 222 g/mol. The predicted octanol–water partition coefficient (Wildman–Crippen LogP) is 0.400. The van der Waals surface area contributed by atoms with Crippen molar-refractivity contribution in [3.8, 4) is 0 Å². The van der Waals surface area contributed by atoms with Crippen molar-refractivity contribution >= 4 is 0 Å². The van der Waals surface area contributed by atoms with Crippen LogP contribution in [-0.2, 0) is 13.0 Å². The van der Waals surface area contributed by atoms with Crippen LogP contribution in [0.2, 0.25) is 0 Å². The van der Waals surface area contributed by atoms with Crippen LogP contribution in [0.5, 0.6) is 0 Å². The van der Waals surface area contributed by atoms with Crippen molar-refractivity contribution in [3.05, 3.63) is 11.6 Å². The first kappa shape index (κ1) is 10.2. The summed E-state index contributed by atoms with van der Waals surface area (Å²) in [7, 11) is 0. The zero-order chi connectivity index (χ0) is 11.0. The Hall–Kier alpha value is -0.940. The fourth-order valence-corrected chi connectivity index (χ4v) is 2.66. The van der Waals surface area contributed by atoms with Gasteiger partial charge in [0.15, 0.2) is 0 Å². The van der Waals surface area contributed by atoms with Crippen LogP contribution in [0.4, 0.5) is 0 Å². The van der Waals surface area contributed by atoms with Crippen LogP contribution in [-0.4, -0.2) is 32.5 Å². The standard InChI is InChI=1S/C11H18N4O/c16-8-4-5-10-13-14-11(15(10)7-8)9-3-1-2-6-12-9/h8-9,12,16H,1-7H2. The van der Waals surface area contributed by atoms with Crippen LogP contribution < -0.4 is 5.32 Å². The first-order chi connectivity index (χ1) is 7.84. The van der Waals surface area contributed by atoms with Crippen molar-refractivity contribution in [3.63, 3.8) is 0 Å². The predicted molar refractivity (Wildman–Crippen MR) is 58.9 cm³/mol. The summed E-state index contributed by atoms with van der Waals surface area (Å²) in [4.78, 5) is 0. The smallest absolute Gasteiger partial charge is 0.150 e. The molecule has 0 radical (unpaired) electrons. The van der Waals surface area contributed by atoms with Gasteiger partial charge in [-0.05, 0) is 25.8 Å². The molecule has 3 heterocycles. The lowest BCUT2D eigenvalue weighted by molar-refractivity contribution is 0.127. The third kappa shape index (κ3) is 1.74. The highest BCUT2D eigenvalue weighted by molar-refractivity contribution is 5.05. The van der Waals surface area contributed by atoms with E-state index in [2.05, 4.69) is 20.1 Å². The second-order valence-electron chi connectivity index (χ2n) is 4.78. The lowest BCUT2D eigenvalue weighted by atomic mass is 10.0. The summed E-state index contributed by atoms with van der Waals surface area (Å²) in [6.07, 6.45) is 5.07. The molecule has 2 N–H and O–H groups in total. The number of nitrogens with one attached hydrogen (secondary N) is 1. The lowest BCUT2D eigenvalue weighted by Crippen LogP contribution is -2.32. The summed E-state index contributed by atoms with van der Waals surface area (Å²) in [5, 5.41) is 21.7. The van der Waals surface area contributed by atoms with Gasteiger partial charge in [0, 0.05) is 6.42 Å². The van der Waals surface area contributed by atoms with E-state index >= 15 is 0 Å². The van der Waals surface area contributed by atoms with Crippen LogP contribution in [0.3, 0.4) is 0 Å². The minimum Gasteiger partial charge on any atom is -0.391 e. The third-order valence-corrected chi connectivity index (χ3v) is 3.57. The van der Waals surface area contributed by atoms with Gasteiger partial charge in [0.05, 0.1) is 18.7 Å². The number of nitrogens with zero attached hydrogens (tertiary/aromatic N) is 3. The van der Waals surface area contributed by atoms with E-state index in [1.54, 1.807) is 0 Å². The molecule has 1 aromatic rings. The minimum absolute atomic E-state index is 0.231. The number of aryl methyl sites for hydroxylation is 1. The van der Waals surface area contributed by atoms with Crippen LogP contribution in [0.15, 0.2) is 0 Å². The normalized spacial score (nSPS) is 30.1. The number of hydrogen-bond acceptors (Lipinski definition) is 4. The van der Waals surface area contributed by atoms with Gasteiger partial charge in [0.2, 0.25) is 0 Å². The van der Waals surface area contributed by atoms with Crippen LogP contribution in [0, 0.1) is 0 Å². The third-order valence-electron chi connectivity index (χ3n) is 3.57. The van der Waals surface area contributed by atoms with Gasteiger partial charge in [0.1, 0.15) is 11.6 Å². The molecule has 0 amide bonds. The molecule has 0 spiro atoms. The quantitative estimate of drug-likeness (QED) is 0.722. The van der Waals surface area contributed by atoms with E-state index in [-0.39, 0.29) is 6.10 Å². The molecule has 16 heavy (non-hydrogen) atoms. The maximum atomic E-state index is 9.70. The van der Waals surface area contributed by atoms with Gasteiger partial charge >= 0.3 is 0 Å². The van der Waals surface area contributed by atoms with Gasteiger partial charge in [-0.3, -0.25) is 0 Å². The molecule has 1 aromatic heterocycles. The first-order valence-electron chi connectivity index (χ1n) is 6.18. The van der Waals surface area contributed by atoms with Crippen LogP contribution in [0.25, 0.3) is 0 Å². The van der Waals surface area contributed by atoms with Gasteiger partial charge in [-0.25, -0.2) is 0 Å². The zero-order valence-electron chi connectivity index (χ0n) is 9.39. The highest BCUT2D eigenvalue weighted by Gasteiger charge is 2.26. The maximum absolute atomic E-state index is 9.70. The Bertz CT molecular complexity index is 370. The average Bonchev–Trinajstić information content (AvgIpc) is 2.73. The summed E-state index contributed by atoms with van der Waals surface area (Å²) in [5.74, 6) is 2.06. The number of rotatable bonds is 1. The van der Waals surface area contributed by atoms with E-state index in [4.69, 9.17) is 0 Å². The Morgan fingerprint density at radius 3 is 3.00 bits per heavy atom. The summed E-state index contributed by atoms with van der Waals surface area (Å²) >= 11 is 0. The molecule has 5 nitrogen and oxygen atoms in total. The van der Waals surface area contributed by atoms with Crippen LogP contribution >= 0.6 is 0 Å². The Morgan fingerprint density at radius 1 is 1.25 bits per heavy atom. The van der Waals surface area contributed by atoms with E-state index in [9.17, 15) is 5.11 Å². The number of aromatic nitrogens is 3. The monoisotopic (exact) mass is 222 g/mol. The van der Waals surface area contributed by atoms with E-state index in [1.807, 2.05) is 0 Å². The van der Waals surface area contributed by atoms with Crippen molar-refractivity contribution in [2.45, 2.75) is 50.8 Å². The number of piperidine rings is 1. The van der Waals surface area contributed by atoms with E-state index < -0.39 is 0 Å². The molecule has 0 aromatic carbocycles. The highest BCUT2D eigenvalue weighted by atomic mass is 16.3. The van der Waals surface area contributed by atoms with Crippen molar-refractivity contribution in [2.75, 3.05) is 6.54 Å². The van der Waals surface area contributed by atoms with Gasteiger partial charge in [0.25, 0.3) is 0 Å². The molecule has 2 unspecified atom stereocenters. The Labute approximate surface area is 94.9 Å². The maximum Gasteiger partial charge on any atom is 0.150 e. The van der Waals surface area contributed by atoms with E-state index in [0.717, 1.165) is 37.5 Å². The second-order valence-corrected chi connectivity index (χ2v) is 4.78. The number of hydrogen-bond donors (Lipinski definition) is 2. The first-order valence-corrected chi connectivity index (χ1v) is 6.18. The second kappa shape index (κ2) is 4.14. The summed E-state index contributed by atoms with van der Waals surface area (Å²) < 4.78 is 2.11. The van der Waals surface area contributed by atoms with Gasteiger partial charge in [-0.2, -0.15) is 0 Å². The Morgan fingerprint density at radius 2 is 2.19 bits per heavy atom. The van der Waals surface area contributed by atoms with Gasteiger partial charge in [-0.15, -0.1) is 10.2 Å². The summed E-state index contributed by atoms with van der Waals surface area (Å²) in [6.45, 7) is 1.73. The number of aliphatic hydroxyl groups is 1. The molecule has 5 heteroatoms. The Kier molecular flexibility index (Phi) is 2.65. The molecule has 2 atom stereocenters. The van der Waals surface area contributed by atoms with Crippen molar-refractivity contribution in [1.82, 2.24) is 20.1 Å². The summed E-state index contributed by atoms with van der Waals surface area (Å²) in [5.41, 5.74) is 0. The van der Waals surface area contributed by atoms with Crippen molar-refractivity contribution in [1.29, 1.82) is 0 Å². The molecule has 0 aliphatic carbocycles. The molecule has 1 saturated heterocycles. The number of aliphatic hydroxyl groups excluding tert-OH is 1. The molecule has 2 aliphatic heterocycles. The molecule has 0 bridgehead atoms. The number of fused-ring (bicyclic) bond motifs is 1. The largest absolute Gasteiger partial charge is 0.391 e. The van der Waals surface area contributed by atoms with Gasteiger partial charge in [-0.1, -0.05) is 6.42 Å². The molecule has 3 rings (SSSR count). The van der Waals surface area contributed by atoms with Crippen LogP contribution in [0.1, 0.15) is 43.4 Å². The van der Waals surface area contributed by atoms with Crippen molar-refractivity contribution < 1.29 is 5.11 Å². The summed E-state index contributed by atoms with van der Waals surface area (Å²) in [6, 6.07) is 0.334. The zero-order valence-corrected chi connectivity index (χ0v) is 9.39. The Balaban J connectivity index is 1.86. The minimum atomic E-state index is -0.231. The molecule has 1 fully saturated rings. The van der Waals surface area contributed by atoms with E-state index in [0.29, 0.717) is 12.6 Å². The molecule has 0 saturated carbocycles. The van der Waals surface area contributed by atoms with Crippen molar-refractivity contribution in [2.24, 2.45) is 0 Å². The fraction of sp³-hybridized carbons (Fsp3) is 0.818. The lowest BCUT2D eigenvalue weighted by Gasteiger charge is -2.26. The molecular weight excluding hydrogens is 204 g/mol. The fourth-order valence-electron chi connectivity index (χ4n) is 2.66. The highest BCUT2D eigenvalue weighted by Crippen LogP contribution is 2.24. The molecule has 88 valence electrons.